The van der Waals surface area contributed by atoms with Crippen molar-refractivity contribution < 1.29 is 24.0 Å². The van der Waals surface area contributed by atoms with Crippen molar-refractivity contribution in [1.29, 1.82) is 0 Å². The maximum Gasteiger partial charge on any atom is 0.340 e. The predicted molar refractivity (Wildman–Crippen MR) is 105 cm³/mol. The molecule has 1 heterocycles. The number of hydrogen-bond donors (Lipinski definition) is 1. The summed E-state index contributed by atoms with van der Waals surface area (Å²) in [6.07, 6.45) is 1.08. The number of nitrogens with zero attached hydrogens (tertiary/aromatic N) is 2. The van der Waals surface area contributed by atoms with E-state index in [1.165, 1.54) is 32.2 Å². The molecular weight excluding hydrogens is 378 g/mol. The number of nitro benzene ring substituents is 1. The lowest BCUT2D eigenvalue weighted by atomic mass is 10.2. The zero-order chi connectivity index (χ0) is 21.3. The van der Waals surface area contributed by atoms with Crippen LogP contribution in [-0.2, 0) is 9.53 Å². The van der Waals surface area contributed by atoms with E-state index < -0.39 is 22.9 Å². The van der Waals surface area contributed by atoms with Gasteiger partial charge in [0.15, 0.2) is 6.10 Å². The molecule has 1 N–H and O–H groups in total. The van der Waals surface area contributed by atoms with Crippen molar-refractivity contribution >= 4 is 23.3 Å². The molecule has 154 valence electrons. The topological polar surface area (TPSA) is 113 Å². The maximum absolute atomic E-state index is 12.6. The minimum absolute atomic E-state index is 0.126. The quantitative estimate of drug-likeness (QED) is 0.431. The third-order valence-corrected chi connectivity index (χ3v) is 4.92. The van der Waals surface area contributed by atoms with Gasteiger partial charge in [-0.05, 0) is 45.7 Å². The van der Waals surface area contributed by atoms with Crippen LogP contribution in [0, 0.1) is 24.0 Å². The SMILES string of the molecule is COc1ccc([N+](=O)[O-])cc1NC(=O)[C@@H](C)OC(=O)c1cc(C)n(C2CC2)c1C. The molecule has 1 aromatic heterocycles. The van der Waals surface area contributed by atoms with Crippen LogP contribution in [0.3, 0.4) is 0 Å². The first kappa shape index (κ1) is 20.4. The largest absolute Gasteiger partial charge is 0.495 e. The number of carbonyl (C=O) groups is 2. The minimum atomic E-state index is -1.10. The molecule has 2 aromatic rings. The Balaban J connectivity index is 1.71. The fraction of sp³-hybridized carbons (Fsp3) is 0.400. The van der Waals surface area contributed by atoms with E-state index in [0.717, 1.165) is 24.2 Å². The van der Waals surface area contributed by atoms with Crippen molar-refractivity contribution in [3.8, 4) is 5.75 Å². The second-order valence-corrected chi connectivity index (χ2v) is 7.06. The molecule has 1 saturated carbocycles. The number of esters is 1. The van der Waals surface area contributed by atoms with Crippen LogP contribution in [0.1, 0.15) is 47.6 Å². The van der Waals surface area contributed by atoms with Gasteiger partial charge in [0, 0.05) is 29.6 Å². The van der Waals surface area contributed by atoms with Crippen LogP contribution in [0.15, 0.2) is 24.3 Å². The molecule has 1 fully saturated rings. The number of anilines is 1. The number of nitro groups is 1. The van der Waals surface area contributed by atoms with Crippen LogP contribution in [0.25, 0.3) is 0 Å². The van der Waals surface area contributed by atoms with Gasteiger partial charge in [-0.1, -0.05) is 0 Å². The van der Waals surface area contributed by atoms with E-state index >= 15 is 0 Å². The van der Waals surface area contributed by atoms with Crippen LogP contribution < -0.4 is 10.1 Å². The minimum Gasteiger partial charge on any atom is -0.495 e. The fourth-order valence-corrected chi connectivity index (χ4v) is 3.30. The van der Waals surface area contributed by atoms with Crippen LogP contribution in [0.4, 0.5) is 11.4 Å². The lowest BCUT2D eigenvalue weighted by molar-refractivity contribution is -0.384. The molecule has 0 aliphatic heterocycles. The molecule has 9 heteroatoms. The molecule has 1 aromatic carbocycles. The van der Waals surface area contributed by atoms with Crippen molar-refractivity contribution in [3.05, 3.63) is 51.3 Å². The molecule has 1 aliphatic rings. The highest BCUT2D eigenvalue weighted by Crippen LogP contribution is 2.38. The van der Waals surface area contributed by atoms with Gasteiger partial charge < -0.3 is 19.4 Å². The third-order valence-electron chi connectivity index (χ3n) is 4.92. The number of non-ortho nitro benzene ring substituents is 1. The summed E-state index contributed by atoms with van der Waals surface area (Å²) in [5.41, 5.74) is 2.17. The summed E-state index contributed by atoms with van der Waals surface area (Å²) in [6.45, 7) is 5.24. The number of carbonyl (C=O) groups excluding carboxylic acids is 2. The number of ether oxygens (including phenoxy) is 2. The van der Waals surface area contributed by atoms with Gasteiger partial charge in [0.2, 0.25) is 0 Å². The zero-order valence-electron chi connectivity index (χ0n) is 16.7. The maximum atomic E-state index is 12.6. The smallest absolute Gasteiger partial charge is 0.340 e. The molecule has 0 unspecified atom stereocenters. The summed E-state index contributed by atoms with van der Waals surface area (Å²) in [5, 5.41) is 13.5. The van der Waals surface area contributed by atoms with Crippen LogP contribution >= 0.6 is 0 Å². The standard InChI is InChI=1S/C20H23N3O6/c1-11-9-16(12(2)22(11)14-5-6-14)20(25)29-13(3)19(24)21-17-10-15(23(26)27)7-8-18(17)28-4/h7-10,13-14H,5-6H2,1-4H3,(H,21,24)/t13-/m1/s1. The summed E-state index contributed by atoms with van der Waals surface area (Å²) in [6, 6.07) is 6.04. The number of rotatable bonds is 7. The molecule has 0 saturated heterocycles. The fourth-order valence-electron chi connectivity index (χ4n) is 3.30. The highest BCUT2D eigenvalue weighted by atomic mass is 16.6. The van der Waals surface area contributed by atoms with E-state index in [0.29, 0.717) is 11.6 Å². The molecule has 0 radical (unpaired) electrons. The summed E-state index contributed by atoms with van der Waals surface area (Å²) >= 11 is 0. The highest BCUT2D eigenvalue weighted by Gasteiger charge is 2.30. The van der Waals surface area contributed by atoms with Gasteiger partial charge in [0.1, 0.15) is 5.75 Å². The molecule has 0 spiro atoms. The van der Waals surface area contributed by atoms with E-state index in [1.807, 2.05) is 13.8 Å². The van der Waals surface area contributed by atoms with Gasteiger partial charge in [-0.2, -0.15) is 0 Å². The molecular formula is C20H23N3O6. The first-order chi connectivity index (χ1) is 13.7. The Labute approximate surface area is 167 Å². The molecule has 3 rings (SSSR count). The highest BCUT2D eigenvalue weighted by molar-refractivity contribution is 5.98. The average Bonchev–Trinajstić information content (AvgIpc) is 3.45. The number of amides is 1. The van der Waals surface area contributed by atoms with E-state index in [2.05, 4.69) is 9.88 Å². The Kier molecular flexibility index (Phi) is 5.58. The third kappa shape index (κ3) is 4.23. The van der Waals surface area contributed by atoms with E-state index in [1.54, 1.807) is 6.07 Å². The summed E-state index contributed by atoms with van der Waals surface area (Å²) in [7, 11) is 1.38. The summed E-state index contributed by atoms with van der Waals surface area (Å²) in [5.74, 6) is -0.942. The summed E-state index contributed by atoms with van der Waals surface area (Å²) in [4.78, 5) is 35.5. The Morgan fingerprint density at radius 2 is 1.97 bits per heavy atom. The van der Waals surface area contributed by atoms with Gasteiger partial charge in [0.25, 0.3) is 11.6 Å². The van der Waals surface area contributed by atoms with Gasteiger partial charge >= 0.3 is 5.97 Å². The predicted octanol–water partition coefficient (Wildman–Crippen LogP) is 3.54. The molecule has 1 aliphatic carbocycles. The van der Waals surface area contributed by atoms with Gasteiger partial charge in [-0.3, -0.25) is 14.9 Å². The van der Waals surface area contributed by atoms with Crippen LogP contribution in [0.5, 0.6) is 5.75 Å². The Morgan fingerprint density at radius 3 is 2.55 bits per heavy atom. The molecule has 29 heavy (non-hydrogen) atoms. The number of aryl methyl sites for hydroxylation is 1. The van der Waals surface area contributed by atoms with Crippen molar-refractivity contribution in [3.63, 3.8) is 0 Å². The molecule has 1 amide bonds. The summed E-state index contributed by atoms with van der Waals surface area (Å²) < 4.78 is 12.6. The normalized spacial score (nSPS) is 14.2. The lowest BCUT2D eigenvalue weighted by Gasteiger charge is -2.15. The van der Waals surface area contributed by atoms with Crippen molar-refractivity contribution in [2.45, 2.75) is 45.8 Å². The Morgan fingerprint density at radius 1 is 1.28 bits per heavy atom. The lowest BCUT2D eigenvalue weighted by Crippen LogP contribution is -2.30. The van der Waals surface area contributed by atoms with E-state index in [-0.39, 0.29) is 17.1 Å². The number of aromatic nitrogens is 1. The second kappa shape index (κ2) is 7.94. The average molecular weight is 401 g/mol. The molecule has 1 atom stereocenters. The van der Waals surface area contributed by atoms with Crippen molar-refractivity contribution in [2.75, 3.05) is 12.4 Å². The Hall–Kier alpha value is -3.36. The molecule has 9 nitrogen and oxygen atoms in total. The Bertz CT molecular complexity index is 977. The first-order valence-electron chi connectivity index (χ1n) is 9.25. The van der Waals surface area contributed by atoms with E-state index in [9.17, 15) is 19.7 Å². The molecule has 0 bridgehead atoms. The number of methoxy groups -OCH3 is 1. The van der Waals surface area contributed by atoms with E-state index in [4.69, 9.17) is 9.47 Å². The van der Waals surface area contributed by atoms with Crippen molar-refractivity contribution in [2.24, 2.45) is 0 Å². The first-order valence-corrected chi connectivity index (χ1v) is 9.25. The van der Waals surface area contributed by atoms with Crippen LogP contribution in [0.2, 0.25) is 0 Å². The monoisotopic (exact) mass is 401 g/mol. The van der Waals surface area contributed by atoms with Gasteiger partial charge in [-0.25, -0.2) is 4.79 Å². The van der Waals surface area contributed by atoms with Gasteiger partial charge in [0.05, 0.1) is 23.3 Å². The van der Waals surface area contributed by atoms with Crippen molar-refractivity contribution in [1.82, 2.24) is 4.57 Å². The zero-order valence-corrected chi connectivity index (χ0v) is 16.7. The van der Waals surface area contributed by atoms with Gasteiger partial charge in [-0.15, -0.1) is 0 Å². The second-order valence-electron chi connectivity index (χ2n) is 7.06. The number of nitrogens with one attached hydrogen (secondary N) is 1. The number of hydrogen-bond acceptors (Lipinski definition) is 6. The van der Waals surface area contributed by atoms with Crippen LogP contribution in [-0.4, -0.2) is 34.6 Å². The number of benzene rings is 1.